The van der Waals surface area contributed by atoms with Crippen molar-refractivity contribution in [3.8, 4) is 0 Å². The number of sulfone groups is 1. The van der Waals surface area contributed by atoms with E-state index < -0.39 is 21.7 Å². The topological polar surface area (TPSA) is 89.5 Å². The number of rotatable bonds is 5. The highest BCUT2D eigenvalue weighted by Crippen LogP contribution is 2.17. The molecule has 0 aliphatic carbocycles. The minimum atomic E-state index is -3.13. The molecule has 0 saturated carbocycles. The van der Waals surface area contributed by atoms with Gasteiger partial charge in [-0.2, -0.15) is 0 Å². The number of benzene rings is 2. The summed E-state index contributed by atoms with van der Waals surface area (Å²) < 4.78 is 27.2. The fraction of sp³-hybridized carbons (Fsp3) is 0.176. The SMILES string of the molecule is COC(=O)c1ccccc1NC(=O)c1ccc(CS(C)(=O)=O)cc1. The Morgan fingerprint density at radius 3 is 2.25 bits per heavy atom. The lowest BCUT2D eigenvalue weighted by molar-refractivity contribution is 0.0602. The van der Waals surface area contributed by atoms with E-state index in [2.05, 4.69) is 10.1 Å². The van der Waals surface area contributed by atoms with Crippen molar-refractivity contribution in [2.45, 2.75) is 5.75 Å². The van der Waals surface area contributed by atoms with E-state index in [1.807, 2.05) is 0 Å². The van der Waals surface area contributed by atoms with E-state index in [4.69, 9.17) is 0 Å². The zero-order valence-corrected chi connectivity index (χ0v) is 14.1. The molecule has 6 nitrogen and oxygen atoms in total. The fourth-order valence-corrected chi connectivity index (χ4v) is 2.93. The van der Waals surface area contributed by atoms with E-state index in [0.717, 1.165) is 6.26 Å². The van der Waals surface area contributed by atoms with Crippen molar-refractivity contribution >= 4 is 27.4 Å². The molecule has 0 atom stereocenters. The number of hydrogen-bond acceptors (Lipinski definition) is 5. The predicted octanol–water partition coefficient (Wildman–Crippen LogP) is 2.27. The average Bonchev–Trinajstić information content (AvgIpc) is 2.53. The normalized spacial score (nSPS) is 10.9. The largest absolute Gasteiger partial charge is 0.465 e. The van der Waals surface area contributed by atoms with Crippen molar-refractivity contribution < 1.29 is 22.7 Å². The minimum Gasteiger partial charge on any atom is -0.465 e. The van der Waals surface area contributed by atoms with Gasteiger partial charge in [0.15, 0.2) is 9.84 Å². The maximum Gasteiger partial charge on any atom is 0.339 e. The maximum absolute atomic E-state index is 12.3. The van der Waals surface area contributed by atoms with Crippen LogP contribution in [0.5, 0.6) is 0 Å². The molecule has 0 unspecified atom stereocenters. The summed E-state index contributed by atoms with van der Waals surface area (Å²) in [4.78, 5) is 24.0. The van der Waals surface area contributed by atoms with Crippen molar-refractivity contribution in [3.63, 3.8) is 0 Å². The predicted molar refractivity (Wildman–Crippen MR) is 90.7 cm³/mol. The standard InChI is InChI=1S/C17H17NO5S/c1-23-17(20)14-5-3-4-6-15(14)18-16(19)13-9-7-12(8-10-13)11-24(2,21)22/h3-10H,11H2,1-2H3,(H,18,19). The second-order valence-electron chi connectivity index (χ2n) is 5.26. The van der Waals surface area contributed by atoms with Gasteiger partial charge < -0.3 is 10.1 Å². The van der Waals surface area contributed by atoms with Gasteiger partial charge in [-0.15, -0.1) is 0 Å². The lowest BCUT2D eigenvalue weighted by Crippen LogP contribution is -2.15. The number of carbonyl (C=O) groups is 2. The van der Waals surface area contributed by atoms with E-state index in [1.165, 1.54) is 19.2 Å². The van der Waals surface area contributed by atoms with Gasteiger partial charge in [-0.25, -0.2) is 13.2 Å². The maximum atomic E-state index is 12.3. The third-order valence-corrected chi connectivity index (χ3v) is 4.08. The molecule has 7 heteroatoms. The Morgan fingerprint density at radius 2 is 1.67 bits per heavy atom. The molecule has 0 fully saturated rings. The number of hydrogen-bond donors (Lipinski definition) is 1. The van der Waals surface area contributed by atoms with Gasteiger partial charge in [0.2, 0.25) is 0 Å². The molecule has 0 saturated heterocycles. The molecule has 2 aromatic carbocycles. The quantitative estimate of drug-likeness (QED) is 0.838. The molecule has 1 amide bonds. The summed E-state index contributed by atoms with van der Waals surface area (Å²) in [5.74, 6) is -1.04. The molecular weight excluding hydrogens is 330 g/mol. The van der Waals surface area contributed by atoms with E-state index in [0.29, 0.717) is 16.8 Å². The lowest BCUT2D eigenvalue weighted by atomic mass is 10.1. The number of amides is 1. The zero-order valence-electron chi connectivity index (χ0n) is 13.3. The number of esters is 1. The highest BCUT2D eigenvalue weighted by Gasteiger charge is 2.14. The molecule has 24 heavy (non-hydrogen) atoms. The van der Waals surface area contributed by atoms with Crippen LogP contribution in [0.2, 0.25) is 0 Å². The first-order chi connectivity index (χ1) is 11.3. The number of anilines is 1. The summed E-state index contributed by atoms with van der Waals surface area (Å²) >= 11 is 0. The zero-order chi connectivity index (χ0) is 17.7. The average molecular weight is 347 g/mol. The molecule has 2 rings (SSSR count). The molecule has 2 aromatic rings. The second-order valence-corrected chi connectivity index (χ2v) is 7.40. The molecule has 126 valence electrons. The van der Waals surface area contributed by atoms with Gasteiger partial charge in [0.1, 0.15) is 0 Å². The summed E-state index contributed by atoms with van der Waals surface area (Å²) in [6.45, 7) is 0. The number of nitrogens with one attached hydrogen (secondary N) is 1. The van der Waals surface area contributed by atoms with Crippen LogP contribution in [0.25, 0.3) is 0 Å². The highest BCUT2D eigenvalue weighted by atomic mass is 32.2. The van der Waals surface area contributed by atoms with Gasteiger partial charge in [-0.3, -0.25) is 4.79 Å². The van der Waals surface area contributed by atoms with Gasteiger partial charge >= 0.3 is 5.97 Å². The summed E-state index contributed by atoms with van der Waals surface area (Å²) in [6, 6.07) is 12.8. The molecular formula is C17H17NO5S. The van der Waals surface area contributed by atoms with Gasteiger partial charge in [-0.1, -0.05) is 24.3 Å². The molecule has 0 heterocycles. The summed E-state index contributed by atoms with van der Waals surface area (Å²) in [5.41, 5.74) is 1.55. The molecule has 0 bridgehead atoms. The van der Waals surface area contributed by atoms with Crippen molar-refractivity contribution in [1.29, 1.82) is 0 Å². The van der Waals surface area contributed by atoms with E-state index in [-0.39, 0.29) is 11.3 Å². The highest BCUT2D eigenvalue weighted by molar-refractivity contribution is 7.89. The van der Waals surface area contributed by atoms with Gasteiger partial charge in [-0.05, 0) is 29.8 Å². The van der Waals surface area contributed by atoms with Crippen LogP contribution in [0.3, 0.4) is 0 Å². The van der Waals surface area contributed by atoms with Crippen LogP contribution < -0.4 is 5.32 Å². The van der Waals surface area contributed by atoms with E-state index in [1.54, 1.807) is 36.4 Å². The van der Waals surface area contributed by atoms with Crippen LogP contribution in [0.4, 0.5) is 5.69 Å². The van der Waals surface area contributed by atoms with Crippen molar-refractivity contribution in [1.82, 2.24) is 0 Å². The Balaban J connectivity index is 2.18. The number of carbonyl (C=O) groups excluding carboxylic acids is 2. The van der Waals surface area contributed by atoms with Crippen LogP contribution in [0.15, 0.2) is 48.5 Å². The Bertz CT molecular complexity index is 857. The molecule has 0 radical (unpaired) electrons. The summed E-state index contributed by atoms with van der Waals surface area (Å²) in [6.07, 6.45) is 1.15. The Morgan fingerprint density at radius 1 is 1.04 bits per heavy atom. The first kappa shape index (κ1) is 17.7. The van der Waals surface area contributed by atoms with Crippen molar-refractivity contribution in [3.05, 3.63) is 65.2 Å². The van der Waals surface area contributed by atoms with Gasteiger partial charge in [0.25, 0.3) is 5.91 Å². The molecule has 0 aliphatic rings. The van der Waals surface area contributed by atoms with Crippen LogP contribution in [-0.4, -0.2) is 33.7 Å². The monoisotopic (exact) mass is 347 g/mol. The summed E-state index contributed by atoms with van der Waals surface area (Å²) in [7, 11) is -1.86. The third-order valence-electron chi connectivity index (χ3n) is 3.23. The number of methoxy groups -OCH3 is 1. The van der Waals surface area contributed by atoms with Crippen LogP contribution in [0.1, 0.15) is 26.3 Å². The van der Waals surface area contributed by atoms with Crippen LogP contribution in [0, 0.1) is 0 Å². The van der Waals surface area contributed by atoms with Gasteiger partial charge in [0.05, 0.1) is 24.1 Å². The van der Waals surface area contributed by atoms with E-state index >= 15 is 0 Å². The van der Waals surface area contributed by atoms with E-state index in [9.17, 15) is 18.0 Å². The number of para-hydroxylation sites is 1. The summed E-state index contributed by atoms with van der Waals surface area (Å²) in [5, 5.41) is 2.65. The first-order valence-electron chi connectivity index (χ1n) is 7.05. The first-order valence-corrected chi connectivity index (χ1v) is 9.11. The molecule has 0 aromatic heterocycles. The lowest BCUT2D eigenvalue weighted by Gasteiger charge is -2.10. The molecule has 1 N–H and O–H groups in total. The van der Waals surface area contributed by atoms with Crippen LogP contribution >= 0.6 is 0 Å². The number of ether oxygens (including phenoxy) is 1. The molecule has 0 aliphatic heterocycles. The smallest absolute Gasteiger partial charge is 0.339 e. The van der Waals surface area contributed by atoms with Crippen molar-refractivity contribution in [2.24, 2.45) is 0 Å². The third kappa shape index (κ3) is 4.66. The van der Waals surface area contributed by atoms with Crippen molar-refractivity contribution in [2.75, 3.05) is 18.7 Å². The van der Waals surface area contributed by atoms with Crippen LogP contribution in [-0.2, 0) is 20.3 Å². The molecule has 0 spiro atoms. The second kappa shape index (κ2) is 7.27. The fourth-order valence-electron chi connectivity index (χ4n) is 2.13. The van der Waals surface area contributed by atoms with Gasteiger partial charge in [0, 0.05) is 11.8 Å². The Kier molecular flexibility index (Phi) is 5.35. The minimum absolute atomic E-state index is 0.0833. The Hall–Kier alpha value is -2.67. The Labute approximate surface area is 140 Å².